The third-order valence-electron chi connectivity index (χ3n) is 3.44. The van der Waals surface area contributed by atoms with E-state index in [2.05, 4.69) is 5.16 Å². The second-order valence-electron chi connectivity index (χ2n) is 4.75. The SMILES string of the molecule is OCCC1=NOC(c2ccc(O)cc2)(c2cccs2)C1. The summed E-state index contributed by atoms with van der Waals surface area (Å²) in [5.74, 6) is 0.226. The smallest absolute Gasteiger partial charge is 0.202 e. The number of benzene rings is 1. The van der Waals surface area contributed by atoms with E-state index < -0.39 is 5.60 Å². The number of aromatic hydroxyl groups is 1. The molecule has 0 bridgehead atoms. The third kappa shape index (κ3) is 2.19. The van der Waals surface area contributed by atoms with E-state index in [1.807, 2.05) is 29.6 Å². The molecule has 20 heavy (non-hydrogen) atoms. The molecule has 104 valence electrons. The maximum Gasteiger partial charge on any atom is 0.202 e. The molecule has 3 rings (SSSR count). The van der Waals surface area contributed by atoms with E-state index in [4.69, 9.17) is 9.94 Å². The number of oxime groups is 1. The molecule has 0 saturated heterocycles. The van der Waals surface area contributed by atoms with Crippen LogP contribution in [0.4, 0.5) is 0 Å². The number of rotatable bonds is 4. The summed E-state index contributed by atoms with van der Waals surface area (Å²) >= 11 is 1.61. The van der Waals surface area contributed by atoms with Crippen molar-refractivity contribution in [3.63, 3.8) is 0 Å². The molecule has 1 atom stereocenters. The monoisotopic (exact) mass is 289 g/mol. The van der Waals surface area contributed by atoms with Crippen molar-refractivity contribution in [1.29, 1.82) is 0 Å². The van der Waals surface area contributed by atoms with Crippen molar-refractivity contribution in [2.45, 2.75) is 18.4 Å². The molecule has 0 amide bonds. The Hall–Kier alpha value is -1.85. The molecule has 0 fully saturated rings. The molecule has 1 unspecified atom stereocenters. The van der Waals surface area contributed by atoms with Gasteiger partial charge in [0.2, 0.25) is 5.60 Å². The molecule has 2 aromatic rings. The Morgan fingerprint density at radius 1 is 1.25 bits per heavy atom. The topological polar surface area (TPSA) is 62.1 Å². The number of aliphatic hydroxyl groups excluding tert-OH is 1. The maximum absolute atomic E-state index is 9.45. The summed E-state index contributed by atoms with van der Waals surface area (Å²) in [6.07, 6.45) is 1.14. The van der Waals surface area contributed by atoms with Crippen LogP contribution in [0.3, 0.4) is 0 Å². The lowest BCUT2D eigenvalue weighted by molar-refractivity contribution is 0.0140. The van der Waals surface area contributed by atoms with Crippen LogP contribution in [-0.2, 0) is 10.4 Å². The van der Waals surface area contributed by atoms with E-state index in [-0.39, 0.29) is 12.4 Å². The molecule has 5 heteroatoms. The van der Waals surface area contributed by atoms with Crippen LogP contribution in [0.1, 0.15) is 23.3 Å². The van der Waals surface area contributed by atoms with E-state index in [0.717, 1.165) is 16.2 Å². The normalized spacial score (nSPS) is 21.6. The Morgan fingerprint density at radius 2 is 2.05 bits per heavy atom. The van der Waals surface area contributed by atoms with Crippen molar-refractivity contribution in [2.75, 3.05) is 6.61 Å². The molecule has 0 spiro atoms. The number of phenols is 1. The van der Waals surface area contributed by atoms with Gasteiger partial charge in [0.15, 0.2) is 0 Å². The van der Waals surface area contributed by atoms with Gasteiger partial charge in [-0.15, -0.1) is 11.3 Å². The van der Waals surface area contributed by atoms with Crippen molar-refractivity contribution in [3.05, 3.63) is 52.2 Å². The van der Waals surface area contributed by atoms with Crippen LogP contribution in [0.2, 0.25) is 0 Å². The van der Waals surface area contributed by atoms with Gasteiger partial charge >= 0.3 is 0 Å². The zero-order valence-electron chi connectivity index (χ0n) is 10.8. The Labute approximate surface area is 120 Å². The van der Waals surface area contributed by atoms with Crippen LogP contribution in [-0.4, -0.2) is 22.5 Å². The molecule has 0 saturated carbocycles. The molecule has 0 aliphatic carbocycles. The standard InChI is InChI=1S/C15H15NO3S/c17-8-7-12-10-15(19-16-12,14-2-1-9-20-14)11-3-5-13(18)6-4-11/h1-6,9,17-18H,7-8,10H2. The first kappa shape index (κ1) is 13.1. The van der Waals surface area contributed by atoms with Gasteiger partial charge in [-0.1, -0.05) is 23.4 Å². The summed E-state index contributed by atoms with van der Waals surface area (Å²) in [5, 5.41) is 24.7. The van der Waals surface area contributed by atoms with E-state index in [0.29, 0.717) is 12.8 Å². The van der Waals surface area contributed by atoms with Gasteiger partial charge in [0, 0.05) is 25.0 Å². The van der Waals surface area contributed by atoms with Gasteiger partial charge in [-0.3, -0.25) is 0 Å². The van der Waals surface area contributed by atoms with E-state index in [1.165, 1.54) is 0 Å². The van der Waals surface area contributed by atoms with Gasteiger partial charge in [-0.05, 0) is 23.6 Å². The van der Waals surface area contributed by atoms with Crippen LogP contribution >= 0.6 is 11.3 Å². The fraction of sp³-hybridized carbons (Fsp3) is 0.267. The lowest BCUT2D eigenvalue weighted by Crippen LogP contribution is -2.26. The van der Waals surface area contributed by atoms with Gasteiger partial charge in [-0.25, -0.2) is 0 Å². The fourth-order valence-corrected chi connectivity index (χ4v) is 3.30. The van der Waals surface area contributed by atoms with Gasteiger partial charge in [0.1, 0.15) is 5.75 Å². The lowest BCUT2D eigenvalue weighted by Gasteiger charge is -2.26. The molecule has 1 aromatic heterocycles. The summed E-state index contributed by atoms with van der Waals surface area (Å²) in [6, 6.07) is 11.0. The van der Waals surface area contributed by atoms with Crippen LogP contribution in [0.25, 0.3) is 0 Å². The van der Waals surface area contributed by atoms with Crippen LogP contribution in [0.5, 0.6) is 5.75 Å². The predicted molar refractivity (Wildman–Crippen MR) is 78.0 cm³/mol. The second kappa shape index (κ2) is 5.26. The predicted octanol–water partition coefficient (Wildman–Crippen LogP) is 2.86. The summed E-state index contributed by atoms with van der Waals surface area (Å²) in [7, 11) is 0. The van der Waals surface area contributed by atoms with Crippen LogP contribution in [0.15, 0.2) is 46.9 Å². The van der Waals surface area contributed by atoms with Crippen molar-refractivity contribution < 1.29 is 15.1 Å². The van der Waals surface area contributed by atoms with Crippen molar-refractivity contribution in [1.82, 2.24) is 0 Å². The second-order valence-corrected chi connectivity index (χ2v) is 5.70. The van der Waals surface area contributed by atoms with Crippen molar-refractivity contribution in [2.24, 2.45) is 5.16 Å². The summed E-state index contributed by atoms with van der Waals surface area (Å²) in [5.41, 5.74) is 1.18. The number of hydrogen-bond acceptors (Lipinski definition) is 5. The molecular formula is C15H15NO3S. The minimum atomic E-state index is -0.633. The highest BCUT2D eigenvalue weighted by atomic mass is 32.1. The Kier molecular flexibility index (Phi) is 3.46. The number of aliphatic hydroxyl groups is 1. The van der Waals surface area contributed by atoms with E-state index in [9.17, 15) is 5.11 Å². The Morgan fingerprint density at radius 3 is 2.70 bits per heavy atom. The Balaban J connectivity index is 2.00. The largest absolute Gasteiger partial charge is 0.508 e. The molecule has 1 aliphatic rings. The zero-order valence-corrected chi connectivity index (χ0v) is 11.6. The molecule has 2 heterocycles. The van der Waals surface area contributed by atoms with Crippen molar-refractivity contribution in [3.8, 4) is 5.75 Å². The average molecular weight is 289 g/mol. The number of hydrogen-bond donors (Lipinski definition) is 2. The fourth-order valence-electron chi connectivity index (χ4n) is 2.43. The number of nitrogens with zero attached hydrogens (tertiary/aromatic N) is 1. The molecular weight excluding hydrogens is 274 g/mol. The van der Waals surface area contributed by atoms with Crippen LogP contribution in [0, 0.1) is 0 Å². The van der Waals surface area contributed by atoms with E-state index >= 15 is 0 Å². The summed E-state index contributed by atoms with van der Waals surface area (Å²) in [4.78, 5) is 6.85. The van der Waals surface area contributed by atoms with Gasteiger partial charge < -0.3 is 15.1 Å². The quantitative estimate of drug-likeness (QED) is 0.909. The maximum atomic E-state index is 9.45. The molecule has 1 aromatic carbocycles. The summed E-state index contributed by atoms with van der Waals surface area (Å²) < 4.78 is 0. The molecule has 2 N–H and O–H groups in total. The first-order chi connectivity index (χ1) is 9.74. The molecule has 0 radical (unpaired) electrons. The highest BCUT2D eigenvalue weighted by Gasteiger charge is 2.43. The van der Waals surface area contributed by atoms with Gasteiger partial charge in [-0.2, -0.15) is 0 Å². The number of phenolic OH excluding ortho intramolecular Hbond substituents is 1. The Bertz CT molecular complexity index is 607. The van der Waals surface area contributed by atoms with Gasteiger partial charge in [0.25, 0.3) is 0 Å². The molecule has 1 aliphatic heterocycles. The highest BCUT2D eigenvalue weighted by molar-refractivity contribution is 7.10. The zero-order chi connectivity index (χ0) is 14.0. The summed E-state index contributed by atoms with van der Waals surface area (Å²) in [6.45, 7) is 0.0677. The lowest BCUT2D eigenvalue weighted by atomic mass is 9.87. The van der Waals surface area contributed by atoms with Gasteiger partial charge in [0.05, 0.1) is 10.6 Å². The molecule has 4 nitrogen and oxygen atoms in total. The van der Waals surface area contributed by atoms with E-state index in [1.54, 1.807) is 23.5 Å². The highest BCUT2D eigenvalue weighted by Crippen LogP contribution is 2.43. The first-order valence-corrected chi connectivity index (χ1v) is 7.31. The number of thiophene rings is 1. The first-order valence-electron chi connectivity index (χ1n) is 6.43. The average Bonchev–Trinajstić information content (AvgIpc) is 3.09. The minimum Gasteiger partial charge on any atom is -0.508 e. The van der Waals surface area contributed by atoms with Crippen LogP contribution < -0.4 is 0 Å². The third-order valence-corrected chi connectivity index (χ3v) is 4.45. The van der Waals surface area contributed by atoms with Crippen molar-refractivity contribution >= 4 is 17.0 Å². The minimum absolute atomic E-state index is 0.0677.